The fourth-order valence-electron chi connectivity index (χ4n) is 5.61. The fraction of sp³-hybridized carbons (Fsp3) is 0.536. The van der Waals surface area contributed by atoms with Gasteiger partial charge in [0.15, 0.2) is 11.5 Å². The van der Waals surface area contributed by atoms with Crippen LogP contribution in [0.5, 0.6) is 11.5 Å². The number of nitrogens with two attached hydrogens (primary N) is 1. The predicted molar refractivity (Wildman–Crippen MR) is 141 cm³/mol. The Morgan fingerprint density at radius 2 is 2.08 bits per heavy atom. The first-order valence-corrected chi connectivity index (χ1v) is 13.3. The number of nitrogens with zero attached hydrogens (tertiary/aromatic N) is 3. The average Bonchev–Trinajstić information content (AvgIpc) is 3.54. The van der Waals surface area contributed by atoms with Gasteiger partial charge in [-0.3, -0.25) is 19.5 Å². The van der Waals surface area contributed by atoms with Gasteiger partial charge < -0.3 is 30.3 Å². The summed E-state index contributed by atoms with van der Waals surface area (Å²) in [6.07, 6.45) is 4.71. The number of aromatic nitrogens is 1. The minimum Gasteiger partial charge on any atom is -0.481 e. The van der Waals surface area contributed by atoms with Crippen molar-refractivity contribution in [2.24, 2.45) is 11.7 Å². The van der Waals surface area contributed by atoms with Crippen molar-refractivity contribution in [2.75, 3.05) is 39.5 Å². The number of ether oxygens (including phenoxy) is 2. The molecule has 38 heavy (non-hydrogen) atoms. The third-order valence-corrected chi connectivity index (χ3v) is 7.50. The maximum absolute atomic E-state index is 13.4. The van der Waals surface area contributed by atoms with E-state index in [1.165, 1.54) is 0 Å². The highest BCUT2D eigenvalue weighted by Crippen LogP contribution is 2.44. The van der Waals surface area contributed by atoms with Crippen LogP contribution >= 0.6 is 0 Å². The van der Waals surface area contributed by atoms with Gasteiger partial charge in [0, 0.05) is 55.6 Å². The molecule has 1 aromatic heterocycles. The number of fused-ring (bicyclic) bond motifs is 1. The first-order chi connectivity index (χ1) is 18.5. The number of hydrogen-bond donors (Lipinski definition) is 3. The largest absolute Gasteiger partial charge is 0.481 e. The van der Waals surface area contributed by atoms with Crippen LogP contribution in [0, 0.1) is 5.92 Å². The van der Waals surface area contributed by atoms with Crippen LogP contribution in [0.4, 0.5) is 0 Å². The van der Waals surface area contributed by atoms with Gasteiger partial charge >= 0.3 is 5.97 Å². The number of hydrogen-bond acceptors (Lipinski definition) is 8. The molecule has 0 radical (unpaired) electrons. The normalized spacial score (nSPS) is 20.6. The van der Waals surface area contributed by atoms with Crippen LogP contribution in [-0.4, -0.2) is 82.4 Å². The zero-order valence-electron chi connectivity index (χ0n) is 21.9. The minimum absolute atomic E-state index is 0.0433. The van der Waals surface area contributed by atoms with Gasteiger partial charge in [-0.05, 0) is 49.1 Å². The number of carboxylic acids is 1. The Morgan fingerprint density at radius 3 is 2.76 bits per heavy atom. The number of benzene rings is 1. The number of aryl methyl sites for hydroxylation is 1. The molecular weight excluding hydrogens is 488 g/mol. The van der Waals surface area contributed by atoms with Crippen LogP contribution in [0.25, 0.3) is 0 Å². The van der Waals surface area contributed by atoms with Gasteiger partial charge in [0.05, 0.1) is 19.1 Å². The molecule has 0 aliphatic carbocycles. The van der Waals surface area contributed by atoms with Gasteiger partial charge in [-0.1, -0.05) is 19.4 Å². The highest BCUT2D eigenvalue weighted by molar-refractivity contribution is 5.79. The molecule has 1 amide bonds. The number of carboxylic acid groups (broad SMARTS) is 1. The van der Waals surface area contributed by atoms with Crippen molar-refractivity contribution in [1.82, 2.24) is 14.8 Å². The van der Waals surface area contributed by atoms with Crippen molar-refractivity contribution in [3.63, 3.8) is 0 Å². The molecule has 1 aromatic carbocycles. The predicted octanol–water partition coefficient (Wildman–Crippen LogP) is 1.99. The molecule has 2 aliphatic heterocycles. The van der Waals surface area contributed by atoms with Crippen LogP contribution in [0.1, 0.15) is 48.9 Å². The van der Waals surface area contributed by atoms with E-state index in [4.69, 9.17) is 15.2 Å². The minimum atomic E-state index is -0.913. The van der Waals surface area contributed by atoms with Crippen LogP contribution in [0.15, 0.2) is 36.5 Å². The number of likely N-dealkylation sites (tertiary alicyclic amines) is 1. The number of carbonyl (C=O) groups is 2. The second kappa shape index (κ2) is 13.0. The standard InChI is InChI=1S/C28H38N4O6/c1-2-3-11-31(12-9-29)25(34)16-32-15-22(19-13-20(17-33)27-24(14-19)37-18-38-27)26(28(35)36)23(32)8-7-21-6-4-5-10-30-21/h4-6,10,13-14,22-23,26,33H,2-3,7-9,11-12,15-18,29H2,1H3,(H,35,36)/t22-,23+,26-/m1/s1. The van der Waals surface area contributed by atoms with Crippen molar-refractivity contribution < 1.29 is 29.3 Å². The number of aliphatic hydroxyl groups is 1. The van der Waals surface area contributed by atoms with Gasteiger partial charge in [-0.15, -0.1) is 0 Å². The molecule has 10 nitrogen and oxygen atoms in total. The fourth-order valence-corrected chi connectivity index (χ4v) is 5.61. The molecular formula is C28H38N4O6. The molecule has 0 bridgehead atoms. The highest BCUT2D eigenvalue weighted by Gasteiger charge is 2.47. The Balaban J connectivity index is 1.64. The first kappa shape index (κ1) is 27.8. The van der Waals surface area contributed by atoms with Gasteiger partial charge in [-0.2, -0.15) is 0 Å². The summed E-state index contributed by atoms with van der Waals surface area (Å²) < 4.78 is 11.1. The molecule has 1 fully saturated rings. The van der Waals surface area contributed by atoms with E-state index in [9.17, 15) is 19.8 Å². The van der Waals surface area contributed by atoms with Gasteiger partial charge in [0.2, 0.25) is 12.7 Å². The molecule has 0 saturated carbocycles. The van der Waals surface area contributed by atoms with Crippen molar-refractivity contribution in [1.29, 1.82) is 0 Å². The topological polar surface area (TPSA) is 138 Å². The summed E-state index contributed by atoms with van der Waals surface area (Å²) in [6, 6.07) is 8.93. The van der Waals surface area contributed by atoms with E-state index in [0.717, 1.165) is 24.1 Å². The van der Waals surface area contributed by atoms with Crippen LogP contribution < -0.4 is 15.2 Å². The lowest BCUT2D eigenvalue weighted by Crippen LogP contribution is -2.45. The van der Waals surface area contributed by atoms with Crippen LogP contribution in [-0.2, 0) is 22.6 Å². The molecule has 4 rings (SSSR count). The number of aliphatic hydroxyl groups excluding tert-OH is 1. The molecule has 0 spiro atoms. The number of unbranched alkanes of at least 4 members (excludes halogenated alkanes) is 1. The Morgan fingerprint density at radius 1 is 1.24 bits per heavy atom. The lowest BCUT2D eigenvalue weighted by molar-refractivity contribution is -0.143. The quantitative estimate of drug-likeness (QED) is 0.358. The van der Waals surface area contributed by atoms with Crippen molar-refractivity contribution in [2.45, 2.75) is 51.2 Å². The number of aliphatic carboxylic acids is 1. The van der Waals surface area contributed by atoms with E-state index < -0.39 is 17.8 Å². The third-order valence-electron chi connectivity index (χ3n) is 7.50. The summed E-state index contributed by atoms with van der Waals surface area (Å²) in [5.74, 6) is -1.11. The number of rotatable bonds is 13. The van der Waals surface area contributed by atoms with Crippen molar-refractivity contribution in [3.8, 4) is 11.5 Å². The third kappa shape index (κ3) is 6.25. The van der Waals surface area contributed by atoms with E-state index in [0.29, 0.717) is 56.1 Å². The summed E-state index contributed by atoms with van der Waals surface area (Å²) in [5.41, 5.74) is 7.98. The summed E-state index contributed by atoms with van der Waals surface area (Å²) in [7, 11) is 0. The van der Waals surface area contributed by atoms with E-state index in [1.807, 2.05) is 29.2 Å². The summed E-state index contributed by atoms with van der Waals surface area (Å²) in [5, 5.41) is 20.4. The monoisotopic (exact) mass is 526 g/mol. The second-order valence-electron chi connectivity index (χ2n) is 9.92. The van der Waals surface area contributed by atoms with E-state index >= 15 is 0 Å². The van der Waals surface area contributed by atoms with Gasteiger partial charge in [-0.25, -0.2) is 0 Å². The zero-order valence-corrected chi connectivity index (χ0v) is 21.9. The maximum Gasteiger partial charge on any atom is 0.308 e. The Hall–Kier alpha value is -3.21. The lowest BCUT2D eigenvalue weighted by Gasteiger charge is -2.29. The number of carbonyl (C=O) groups excluding carboxylic acids is 1. The summed E-state index contributed by atoms with van der Waals surface area (Å²) in [4.78, 5) is 34.3. The van der Waals surface area contributed by atoms with Crippen LogP contribution in [0.3, 0.4) is 0 Å². The average molecular weight is 527 g/mol. The molecule has 3 heterocycles. The zero-order chi connectivity index (χ0) is 27.1. The second-order valence-corrected chi connectivity index (χ2v) is 9.92. The molecule has 2 aromatic rings. The van der Waals surface area contributed by atoms with E-state index in [1.54, 1.807) is 17.2 Å². The summed E-state index contributed by atoms with van der Waals surface area (Å²) in [6.45, 7) is 3.87. The lowest BCUT2D eigenvalue weighted by atomic mass is 9.83. The van der Waals surface area contributed by atoms with Crippen LogP contribution in [0.2, 0.25) is 0 Å². The van der Waals surface area contributed by atoms with Crippen molar-refractivity contribution in [3.05, 3.63) is 53.3 Å². The Kier molecular flexibility index (Phi) is 9.54. The SMILES string of the molecule is CCCCN(CCN)C(=O)CN1C[C@H](c2cc(CO)c3c(c2)OCO3)[C@@H](C(=O)O)[C@@H]1CCc1ccccn1. The Bertz CT molecular complexity index is 1100. The molecule has 206 valence electrons. The molecule has 4 N–H and O–H groups in total. The molecule has 10 heteroatoms. The number of pyridine rings is 1. The summed E-state index contributed by atoms with van der Waals surface area (Å²) >= 11 is 0. The van der Waals surface area contributed by atoms with E-state index in [-0.39, 0.29) is 31.9 Å². The highest BCUT2D eigenvalue weighted by atomic mass is 16.7. The molecule has 2 aliphatic rings. The first-order valence-electron chi connectivity index (χ1n) is 13.3. The van der Waals surface area contributed by atoms with Gasteiger partial charge in [0.1, 0.15) is 0 Å². The van der Waals surface area contributed by atoms with Crippen molar-refractivity contribution >= 4 is 11.9 Å². The maximum atomic E-state index is 13.4. The molecule has 1 saturated heterocycles. The molecule has 3 atom stereocenters. The smallest absolute Gasteiger partial charge is 0.308 e. The van der Waals surface area contributed by atoms with Gasteiger partial charge in [0.25, 0.3) is 0 Å². The van der Waals surface area contributed by atoms with E-state index in [2.05, 4.69) is 11.9 Å². The Labute approximate surface area is 223 Å². The molecule has 0 unspecified atom stereocenters. The number of amides is 1.